The molecule has 0 spiro atoms. The van der Waals surface area contributed by atoms with Crippen LogP contribution in [0.3, 0.4) is 0 Å². The van der Waals surface area contributed by atoms with E-state index in [1.54, 1.807) is 55.5 Å². The van der Waals surface area contributed by atoms with E-state index in [0.717, 1.165) is 4.90 Å². The normalized spacial score (nSPS) is 20.0. The molecule has 162 valence electrons. The maximum absolute atomic E-state index is 13.1. The highest BCUT2D eigenvalue weighted by Crippen LogP contribution is 2.28. The molecule has 1 N–H and O–H groups in total. The number of amides is 5. The average molecular weight is 432 g/mol. The quantitative estimate of drug-likeness (QED) is 0.577. The number of carbonyl (C=O) groups is 4. The van der Waals surface area contributed by atoms with Gasteiger partial charge in [0.1, 0.15) is 11.3 Å². The smallest absolute Gasteiger partial charge is 0.335 e. The number of nitrogens with zero attached hydrogens (tertiary/aromatic N) is 3. The summed E-state index contributed by atoms with van der Waals surface area (Å²) in [4.78, 5) is 51.7. The number of para-hydroxylation sites is 1. The van der Waals surface area contributed by atoms with Gasteiger partial charge in [-0.1, -0.05) is 18.2 Å². The summed E-state index contributed by atoms with van der Waals surface area (Å²) in [6.07, 6.45) is 1.26. The van der Waals surface area contributed by atoms with Gasteiger partial charge in [0.05, 0.1) is 29.6 Å². The SMILES string of the molecule is CCOc1ccc(N2C(=O)NC(=O)/C(=C/[C@H]3C(=O)N(c4ccccc4)N=C3C)C2=O)cc1. The van der Waals surface area contributed by atoms with E-state index in [4.69, 9.17) is 4.74 Å². The first-order chi connectivity index (χ1) is 15.4. The highest BCUT2D eigenvalue weighted by molar-refractivity contribution is 6.38. The van der Waals surface area contributed by atoms with Crippen molar-refractivity contribution in [1.82, 2.24) is 5.32 Å². The molecule has 2 aromatic rings. The Morgan fingerprint density at radius 1 is 1.00 bits per heavy atom. The number of hydrogen-bond acceptors (Lipinski definition) is 6. The molecule has 2 aromatic carbocycles. The summed E-state index contributed by atoms with van der Waals surface area (Å²) in [5.74, 6) is -2.40. The van der Waals surface area contributed by atoms with Gasteiger partial charge in [0.2, 0.25) is 0 Å². The average Bonchev–Trinajstić information content (AvgIpc) is 3.06. The number of ether oxygens (including phenoxy) is 1. The number of benzene rings is 2. The molecule has 0 aromatic heterocycles. The van der Waals surface area contributed by atoms with E-state index in [9.17, 15) is 19.2 Å². The topological polar surface area (TPSA) is 108 Å². The molecule has 0 unspecified atom stereocenters. The minimum Gasteiger partial charge on any atom is -0.494 e. The standard InChI is InChI=1S/C23H20N4O5/c1-3-32-17-11-9-15(10-12-17)26-21(29)19(20(28)24-23(26)31)13-18-14(2)25-27(22(18)30)16-7-5-4-6-8-16/h4-13,18H,3H2,1-2H3,(H,24,28,31)/b19-13-/t18-/m1/s1. The molecule has 0 radical (unpaired) electrons. The van der Waals surface area contributed by atoms with Gasteiger partial charge in [-0.2, -0.15) is 10.1 Å². The third kappa shape index (κ3) is 3.76. The van der Waals surface area contributed by atoms with Crippen molar-refractivity contribution < 1.29 is 23.9 Å². The van der Waals surface area contributed by atoms with E-state index in [0.29, 0.717) is 23.8 Å². The van der Waals surface area contributed by atoms with Gasteiger partial charge >= 0.3 is 6.03 Å². The molecule has 9 nitrogen and oxygen atoms in total. The van der Waals surface area contributed by atoms with E-state index >= 15 is 0 Å². The first-order valence-corrected chi connectivity index (χ1v) is 9.99. The lowest BCUT2D eigenvalue weighted by Gasteiger charge is -2.26. The number of anilines is 2. The largest absolute Gasteiger partial charge is 0.494 e. The second-order valence-corrected chi connectivity index (χ2v) is 7.11. The molecule has 0 aliphatic carbocycles. The lowest BCUT2D eigenvalue weighted by atomic mass is 9.98. The second-order valence-electron chi connectivity index (χ2n) is 7.11. The maximum Gasteiger partial charge on any atom is 0.335 e. The van der Waals surface area contributed by atoms with E-state index in [1.165, 1.54) is 11.1 Å². The van der Waals surface area contributed by atoms with Crippen LogP contribution in [0.2, 0.25) is 0 Å². The van der Waals surface area contributed by atoms with Gasteiger partial charge in [-0.3, -0.25) is 19.7 Å². The fourth-order valence-corrected chi connectivity index (χ4v) is 3.46. The van der Waals surface area contributed by atoms with Crippen molar-refractivity contribution in [2.75, 3.05) is 16.5 Å². The Morgan fingerprint density at radius 3 is 2.34 bits per heavy atom. The van der Waals surface area contributed by atoms with Crippen molar-refractivity contribution in [2.45, 2.75) is 13.8 Å². The Labute approximate surface area is 183 Å². The summed E-state index contributed by atoms with van der Waals surface area (Å²) in [7, 11) is 0. The minimum atomic E-state index is -0.907. The fourth-order valence-electron chi connectivity index (χ4n) is 3.46. The summed E-state index contributed by atoms with van der Waals surface area (Å²) in [6, 6.07) is 14.3. The number of carbonyl (C=O) groups excluding carboxylic acids is 4. The molecule has 9 heteroatoms. The highest BCUT2D eigenvalue weighted by atomic mass is 16.5. The zero-order chi connectivity index (χ0) is 22.8. The summed E-state index contributed by atoms with van der Waals surface area (Å²) in [6.45, 7) is 3.95. The minimum absolute atomic E-state index is 0.267. The van der Waals surface area contributed by atoms with Gasteiger partial charge < -0.3 is 4.74 Å². The van der Waals surface area contributed by atoms with Crippen LogP contribution in [0.25, 0.3) is 0 Å². The van der Waals surface area contributed by atoms with Gasteiger partial charge in [0.25, 0.3) is 17.7 Å². The molecule has 2 aliphatic rings. The maximum atomic E-state index is 13.1. The molecule has 1 saturated heterocycles. The summed E-state index contributed by atoms with van der Waals surface area (Å²) >= 11 is 0. The van der Waals surface area contributed by atoms with Crippen molar-refractivity contribution in [1.29, 1.82) is 0 Å². The predicted octanol–water partition coefficient (Wildman–Crippen LogP) is 2.63. The number of hydrazone groups is 1. The third-order valence-corrected chi connectivity index (χ3v) is 5.02. The van der Waals surface area contributed by atoms with E-state index in [2.05, 4.69) is 10.4 Å². The van der Waals surface area contributed by atoms with E-state index in [1.807, 2.05) is 13.0 Å². The van der Waals surface area contributed by atoms with Gasteiger partial charge in [0.15, 0.2) is 0 Å². The zero-order valence-electron chi connectivity index (χ0n) is 17.4. The van der Waals surface area contributed by atoms with Crippen LogP contribution in [0.15, 0.2) is 71.3 Å². The number of barbiturate groups is 1. The van der Waals surface area contributed by atoms with Crippen LogP contribution in [-0.4, -0.2) is 36.1 Å². The second kappa shape index (κ2) is 8.46. The number of rotatable bonds is 5. The van der Waals surface area contributed by atoms with Crippen LogP contribution >= 0.6 is 0 Å². The Hall–Kier alpha value is -4.27. The van der Waals surface area contributed by atoms with Gasteiger partial charge in [-0.25, -0.2) is 9.69 Å². The van der Waals surface area contributed by atoms with Gasteiger partial charge in [0, 0.05) is 0 Å². The van der Waals surface area contributed by atoms with Gasteiger partial charge in [-0.15, -0.1) is 0 Å². The highest BCUT2D eigenvalue weighted by Gasteiger charge is 2.40. The van der Waals surface area contributed by atoms with Crippen molar-refractivity contribution >= 4 is 40.8 Å². The van der Waals surface area contributed by atoms with Crippen LogP contribution in [0.4, 0.5) is 16.2 Å². The van der Waals surface area contributed by atoms with Crippen molar-refractivity contribution in [2.24, 2.45) is 11.0 Å². The molecule has 32 heavy (non-hydrogen) atoms. The number of urea groups is 1. The van der Waals surface area contributed by atoms with E-state index < -0.39 is 29.7 Å². The lowest BCUT2D eigenvalue weighted by molar-refractivity contribution is -0.122. The molecule has 1 fully saturated rings. The molecule has 0 saturated carbocycles. The monoisotopic (exact) mass is 432 g/mol. The molecule has 2 heterocycles. The van der Waals surface area contributed by atoms with Crippen molar-refractivity contribution in [3.05, 3.63) is 66.2 Å². The summed E-state index contributed by atoms with van der Waals surface area (Å²) in [5.41, 5.74) is 0.963. The summed E-state index contributed by atoms with van der Waals surface area (Å²) in [5, 5.41) is 7.67. The third-order valence-electron chi connectivity index (χ3n) is 5.02. The number of imide groups is 2. The first-order valence-electron chi connectivity index (χ1n) is 9.99. The van der Waals surface area contributed by atoms with Gasteiger partial charge in [-0.05, 0) is 56.3 Å². The molecule has 4 rings (SSSR count). The van der Waals surface area contributed by atoms with Crippen molar-refractivity contribution in [3.8, 4) is 5.75 Å². The lowest BCUT2D eigenvalue weighted by Crippen LogP contribution is -2.54. The molecule has 0 bridgehead atoms. The zero-order valence-corrected chi connectivity index (χ0v) is 17.4. The van der Waals surface area contributed by atoms with Crippen LogP contribution < -0.4 is 20.0 Å². The number of hydrogen-bond donors (Lipinski definition) is 1. The van der Waals surface area contributed by atoms with Crippen molar-refractivity contribution in [3.63, 3.8) is 0 Å². The van der Waals surface area contributed by atoms with E-state index in [-0.39, 0.29) is 11.3 Å². The predicted molar refractivity (Wildman–Crippen MR) is 117 cm³/mol. The van der Waals surface area contributed by atoms with Crippen LogP contribution in [0.1, 0.15) is 13.8 Å². The molecule has 2 aliphatic heterocycles. The molecular formula is C23H20N4O5. The Morgan fingerprint density at radius 2 is 1.69 bits per heavy atom. The van der Waals surface area contributed by atoms with Crippen LogP contribution in [0.5, 0.6) is 5.75 Å². The van der Waals surface area contributed by atoms with Crippen LogP contribution in [0, 0.1) is 5.92 Å². The van der Waals surface area contributed by atoms with Crippen LogP contribution in [-0.2, 0) is 14.4 Å². The first kappa shape index (κ1) is 21.0. The summed E-state index contributed by atoms with van der Waals surface area (Å²) < 4.78 is 5.37. The molecule has 5 amide bonds. The Kier molecular flexibility index (Phi) is 5.55. The Bertz CT molecular complexity index is 1150. The number of nitrogens with one attached hydrogen (secondary N) is 1. The Balaban J connectivity index is 1.63. The molecule has 1 atom stereocenters. The molecular weight excluding hydrogens is 412 g/mol. The fraction of sp³-hybridized carbons (Fsp3) is 0.174.